The third kappa shape index (κ3) is 6.72. The van der Waals surface area contributed by atoms with Gasteiger partial charge in [0, 0.05) is 75.8 Å². The van der Waals surface area contributed by atoms with Gasteiger partial charge in [-0.1, -0.05) is 13.0 Å². The fourth-order valence-corrected chi connectivity index (χ4v) is 4.63. The molecule has 4 heterocycles. The predicted octanol–water partition coefficient (Wildman–Crippen LogP) is 4.48. The Morgan fingerprint density at radius 1 is 1.07 bits per heavy atom. The molecule has 2 aliphatic rings. The number of amides is 1. The van der Waals surface area contributed by atoms with Crippen molar-refractivity contribution in [1.29, 1.82) is 0 Å². The number of fused-ring (bicyclic) bond motifs is 1. The molecule has 5 rings (SSSR count). The second-order valence-electron chi connectivity index (χ2n) is 9.60. The summed E-state index contributed by atoms with van der Waals surface area (Å²) in [5, 5.41) is 5.58. The minimum atomic E-state index is -4.48. The Morgan fingerprint density at radius 3 is 2.58 bits per heavy atom. The lowest BCUT2D eigenvalue weighted by molar-refractivity contribution is -0.138. The molecule has 0 bridgehead atoms. The number of rotatable bonds is 7. The minimum Gasteiger partial charge on any atom is -0.424 e. The second kappa shape index (κ2) is 11.6. The van der Waals surface area contributed by atoms with Crippen molar-refractivity contribution in [1.82, 2.24) is 24.8 Å². The highest BCUT2D eigenvalue weighted by Gasteiger charge is 2.34. The number of halogens is 3. The number of hydrogen-bond donors (Lipinski definition) is 2. The number of nitrogens with one attached hydrogen (secondary N) is 2. The zero-order chi connectivity index (χ0) is 28.3. The highest BCUT2D eigenvalue weighted by molar-refractivity contribution is 6.01. The highest BCUT2D eigenvalue weighted by atomic mass is 19.4. The third-order valence-electron chi connectivity index (χ3n) is 6.67. The number of carbonyl (C=O) groups excluding carboxylic acids is 1. The average Bonchev–Trinajstić information content (AvgIpc) is 3.31. The van der Waals surface area contributed by atoms with Crippen LogP contribution in [0.4, 0.5) is 30.5 Å². The van der Waals surface area contributed by atoms with Crippen LogP contribution in [0, 0.1) is 0 Å². The molecule has 0 spiro atoms. The Labute approximate surface area is 229 Å². The summed E-state index contributed by atoms with van der Waals surface area (Å²) < 4.78 is 47.7. The maximum atomic E-state index is 14.0. The normalized spacial score (nSPS) is 15.9. The summed E-state index contributed by atoms with van der Waals surface area (Å²) in [7, 11) is 0. The first-order valence-corrected chi connectivity index (χ1v) is 12.9. The molecule has 0 atom stereocenters. The molecule has 10 nitrogen and oxygen atoms in total. The number of amidine groups is 1. The van der Waals surface area contributed by atoms with Gasteiger partial charge in [-0.05, 0) is 30.3 Å². The first-order chi connectivity index (χ1) is 19.2. The van der Waals surface area contributed by atoms with Crippen LogP contribution in [0.1, 0.15) is 30.5 Å². The number of aromatic nitrogens is 3. The standard InChI is InChI=1S/C27H29F3N8O2/c1-3-37-8-10-38(11-9-37)16-18-4-5-20(13-22(18)27(28,29)30)34-24-12-19-15-32-26(36-25(19)35-24)40-21-6-7-31-23(14-21)33-17(2)39/h4-7,13-15H,3,8-12,16H2,1-2H3,(H,31,33,39)(H,32,34,35,36). The second-order valence-corrected chi connectivity index (χ2v) is 9.60. The fraction of sp³-hybridized carbons (Fsp3) is 0.370. The molecule has 1 aromatic carbocycles. The smallest absolute Gasteiger partial charge is 0.416 e. The Morgan fingerprint density at radius 2 is 1.85 bits per heavy atom. The quantitative estimate of drug-likeness (QED) is 0.440. The van der Waals surface area contributed by atoms with Gasteiger partial charge in [0.15, 0.2) is 5.82 Å². The summed E-state index contributed by atoms with van der Waals surface area (Å²) >= 11 is 0. The Hall–Kier alpha value is -4.10. The summed E-state index contributed by atoms with van der Waals surface area (Å²) in [5.74, 6) is 1.23. The number of carbonyl (C=O) groups is 1. The van der Waals surface area contributed by atoms with Crippen LogP contribution in [0.25, 0.3) is 0 Å². The molecule has 40 heavy (non-hydrogen) atoms. The van der Waals surface area contributed by atoms with E-state index < -0.39 is 11.7 Å². The van der Waals surface area contributed by atoms with Crippen molar-refractivity contribution < 1.29 is 22.7 Å². The lowest BCUT2D eigenvalue weighted by Crippen LogP contribution is -2.45. The topological polar surface area (TPSA) is 108 Å². The van der Waals surface area contributed by atoms with Gasteiger partial charge in [-0.2, -0.15) is 18.2 Å². The zero-order valence-electron chi connectivity index (χ0n) is 22.1. The van der Waals surface area contributed by atoms with E-state index in [4.69, 9.17) is 4.74 Å². The van der Waals surface area contributed by atoms with Gasteiger partial charge >= 0.3 is 12.2 Å². The molecule has 1 amide bonds. The van der Waals surface area contributed by atoms with Crippen molar-refractivity contribution in [3.8, 4) is 11.8 Å². The van der Waals surface area contributed by atoms with Crippen LogP contribution in [0.5, 0.6) is 11.8 Å². The van der Waals surface area contributed by atoms with Crippen LogP contribution >= 0.6 is 0 Å². The van der Waals surface area contributed by atoms with E-state index in [1.54, 1.807) is 18.3 Å². The van der Waals surface area contributed by atoms with Crippen LogP contribution in [0.15, 0.2) is 47.7 Å². The monoisotopic (exact) mass is 554 g/mol. The maximum Gasteiger partial charge on any atom is 0.416 e. The fourth-order valence-electron chi connectivity index (χ4n) is 4.63. The molecular formula is C27H29F3N8O2. The Bertz CT molecular complexity index is 1420. The summed E-state index contributed by atoms with van der Waals surface area (Å²) in [6.45, 7) is 7.85. The molecule has 1 saturated heterocycles. The molecular weight excluding hydrogens is 525 g/mol. The highest BCUT2D eigenvalue weighted by Crippen LogP contribution is 2.35. The lowest BCUT2D eigenvalue weighted by Gasteiger charge is -2.34. The van der Waals surface area contributed by atoms with E-state index in [2.05, 4.69) is 47.3 Å². The van der Waals surface area contributed by atoms with Crippen molar-refractivity contribution in [3.63, 3.8) is 0 Å². The molecule has 2 aromatic heterocycles. The number of aliphatic imine (C=N–C) groups is 1. The number of nitrogens with zero attached hydrogens (tertiary/aromatic N) is 6. The largest absolute Gasteiger partial charge is 0.424 e. The number of pyridine rings is 1. The zero-order valence-corrected chi connectivity index (χ0v) is 22.1. The van der Waals surface area contributed by atoms with Crippen molar-refractivity contribution in [2.45, 2.75) is 33.0 Å². The molecule has 3 aromatic rings. The molecule has 0 aliphatic carbocycles. The number of ether oxygens (including phenoxy) is 1. The molecule has 2 N–H and O–H groups in total. The first-order valence-electron chi connectivity index (χ1n) is 12.9. The predicted molar refractivity (Wildman–Crippen MR) is 144 cm³/mol. The van der Waals surface area contributed by atoms with Gasteiger partial charge in [0.1, 0.15) is 17.4 Å². The number of piperazine rings is 1. The van der Waals surface area contributed by atoms with Crippen molar-refractivity contribution >= 4 is 29.1 Å². The third-order valence-corrected chi connectivity index (χ3v) is 6.67. The van der Waals surface area contributed by atoms with Gasteiger partial charge in [-0.15, -0.1) is 0 Å². The lowest BCUT2D eigenvalue weighted by atomic mass is 10.0. The summed E-state index contributed by atoms with van der Waals surface area (Å²) in [6, 6.07) is 7.48. The van der Waals surface area contributed by atoms with Gasteiger partial charge in [0.25, 0.3) is 0 Å². The van der Waals surface area contributed by atoms with Crippen LogP contribution < -0.4 is 15.4 Å². The van der Waals surface area contributed by atoms with Crippen molar-refractivity contribution in [3.05, 3.63) is 59.4 Å². The van der Waals surface area contributed by atoms with Crippen molar-refractivity contribution in [2.75, 3.05) is 43.4 Å². The van der Waals surface area contributed by atoms with Gasteiger partial charge < -0.3 is 20.3 Å². The molecule has 2 aliphatic heterocycles. The molecule has 0 radical (unpaired) electrons. The number of hydrogen-bond acceptors (Lipinski definition) is 9. The maximum absolute atomic E-state index is 14.0. The summed E-state index contributed by atoms with van der Waals surface area (Å²) in [5.41, 5.74) is 0.607. The van der Waals surface area contributed by atoms with Crippen LogP contribution in [0.3, 0.4) is 0 Å². The number of alkyl halides is 3. The minimum absolute atomic E-state index is 0.0344. The van der Waals surface area contributed by atoms with Gasteiger partial charge in [0.2, 0.25) is 5.91 Å². The number of anilines is 2. The van der Waals surface area contributed by atoms with E-state index in [1.807, 2.05) is 0 Å². The summed E-state index contributed by atoms with van der Waals surface area (Å²) in [6.07, 6.45) is -1.11. The van der Waals surface area contributed by atoms with Crippen LogP contribution in [0.2, 0.25) is 0 Å². The van der Waals surface area contributed by atoms with E-state index >= 15 is 0 Å². The van der Waals surface area contributed by atoms with Crippen LogP contribution in [-0.4, -0.2) is 69.2 Å². The molecule has 0 unspecified atom stereocenters. The molecule has 210 valence electrons. The Kier molecular flexibility index (Phi) is 7.94. The van der Waals surface area contributed by atoms with Crippen LogP contribution in [-0.2, 0) is 23.9 Å². The van der Waals surface area contributed by atoms with Gasteiger partial charge in [0.05, 0.1) is 5.56 Å². The first kappa shape index (κ1) is 27.5. The van der Waals surface area contributed by atoms with E-state index in [1.165, 1.54) is 25.3 Å². The molecule has 1 fully saturated rings. The van der Waals surface area contributed by atoms with E-state index in [0.29, 0.717) is 40.9 Å². The van der Waals surface area contributed by atoms with E-state index in [0.717, 1.165) is 38.8 Å². The van der Waals surface area contributed by atoms with Gasteiger partial charge in [-0.3, -0.25) is 9.69 Å². The van der Waals surface area contributed by atoms with E-state index in [-0.39, 0.29) is 24.0 Å². The average molecular weight is 555 g/mol. The molecule has 13 heteroatoms. The van der Waals surface area contributed by atoms with Gasteiger partial charge in [-0.25, -0.2) is 15.0 Å². The Balaban J connectivity index is 1.28. The summed E-state index contributed by atoms with van der Waals surface area (Å²) in [4.78, 5) is 32.6. The number of likely N-dealkylation sites (N-methyl/N-ethyl adjacent to an activating group) is 1. The van der Waals surface area contributed by atoms with E-state index in [9.17, 15) is 18.0 Å². The SMILES string of the molecule is CCN1CCN(Cc2ccc(NC3=Nc4nc(Oc5ccnc(NC(C)=O)c5)ncc4C3)cc2C(F)(F)F)CC1. The van der Waals surface area contributed by atoms with Crippen molar-refractivity contribution in [2.24, 2.45) is 4.99 Å². The number of benzene rings is 1. The molecule has 0 saturated carbocycles.